The minimum atomic E-state index is -0.800. The summed E-state index contributed by atoms with van der Waals surface area (Å²) in [5, 5.41) is 17.7. The zero-order chi connectivity index (χ0) is 20.5. The number of aliphatic hydroxyl groups is 2. The third kappa shape index (κ3) is 12.9. The third-order valence-corrected chi connectivity index (χ3v) is 4.65. The molecule has 0 aromatic rings. The Morgan fingerprint density at radius 3 is 2.32 bits per heavy atom. The van der Waals surface area contributed by atoms with Crippen LogP contribution < -0.4 is 0 Å². The average molecular weight is 395 g/mol. The lowest BCUT2D eigenvalue weighted by molar-refractivity contribution is -0.153. The molecule has 0 amide bonds. The Morgan fingerprint density at radius 1 is 0.964 bits per heavy atom. The molecule has 28 heavy (non-hydrogen) atoms. The van der Waals surface area contributed by atoms with Gasteiger partial charge in [0.15, 0.2) is 0 Å². The molecule has 5 nitrogen and oxygen atoms in total. The van der Waals surface area contributed by atoms with Crippen LogP contribution in [0.2, 0.25) is 0 Å². The Balaban J connectivity index is 1.93. The first-order valence-electron chi connectivity index (χ1n) is 10.7. The molecule has 0 bridgehead atoms. The standard InChI is InChI=1S/C23H38O5/c1-2-3-12-15-21-22(28-21)16-13-10-8-6-4-5-7-9-11-14-17-23(26)27-20(18-24)19-25/h4,6-7,9-10,13,20-22,24-25H,2-3,5,8,11-12,14-19H2,1H3/b6-4-,9-7-,13-10-/t21-,22-/m0/s1. The van der Waals surface area contributed by atoms with Crippen LogP contribution in [0.1, 0.15) is 71.1 Å². The molecule has 160 valence electrons. The summed E-state index contributed by atoms with van der Waals surface area (Å²) in [6.45, 7) is 1.53. The fraction of sp³-hybridized carbons (Fsp3) is 0.696. The number of rotatable bonds is 17. The second-order valence-electron chi connectivity index (χ2n) is 7.20. The number of carbonyl (C=O) groups excluding carboxylic acids is 1. The van der Waals surface area contributed by atoms with E-state index >= 15 is 0 Å². The fourth-order valence-electron chi connectivity index (χ4n) is 2.87. The topological polar surface area (TPSA) is 79.3 Å². The summed E-state index contributed by atoms with van der Waals surface area (Å²) in [4.78, 5) is 11.5. The van der Waals surface area contributed by atoms with Crippen molar-refractivity contribution >= 4 is 5.97 Å². The summed E-state index contributed by atoms with van der Waals surface area (Å²) in [6, 6.07) is 0. The number of carbonyl (C=O) groups is 1. The Labute approximate surface area is 170 Å². The van der Waals surface area contributed by atoms with Crippen LogP contribution in [0, 0.1) is 0 Å². The Morgan fingerprint density at radius 2 is 1.64 bits per heavy atom. The van der Waals surface area contributed by atoms with Crippen molar-refractivity contribution in [1.82, 2.24) is 0 Å². The summed E-state index contributed by atoms with van der Waals surface area (Å²) >= 11 is 0. The van der Waals surface area contributed by atoms with Crippen molar-refractivity contribution in [3.63, 3.8) is 0 Å². The second kappa shape index (κ2) is 16.5. The van der Waals surface area contributed by atoms with Crippen LogP contribution in [-0.4, -0.2) is 47.7 Å². The van der Waals surface area contributed by atoms with E-state index in [1.165, 1.54) is 25.7 Å². The lowest BCUT2D eigenvalue weighted by atomic mass is 10.1. The van der Waals surface area contributed by atoms with Gasteiger partial charge >= 0.3 is 5.97 Å². The van der Waals surface area contributed by atoms with Gasteiger partial charge in [-0.3, -0.25) is 4.79 Å². The zero-order valence-corrected chi connectivity index (χ0v) is 17.3. The lowest BCUT2D eigenvalue weighted by Gasteiger charge is -2.11. The maximum absolute atomic E-state index is 11.5. The van der Waals surface area contributed by atoms with E-state index in [1.807, 2.05) is 0 Å². The molecule has 0 spiro atoms. The largest absolute Gasteiger partial charge is 0.457 e. The Kier molecular flexibility index (Phi) is 14.5. The molecule has 5 heteroatoms. The Hall–Kier alpha value is -1.43. The summed E-state index contributed by atoms with van der Waals surface area (Å²) < 4.78 is 10.6. The van der Waals surface area contributed by atoms with Gasteiger partial charge in [0, 0.05) is 6.42 Å². The normalized spacial score (nSPS) is 19.4. The van der Waals surface area contributed by atoms with Crippen molar-refractivity contribution in [2.75, 3.05) is 13.2 Å². The van der Waals surface area contributed by atoms with E-state index in [0.29, 0.717) is 25.0 Å². The van der Waals surface area contributed by atoms with Crippen molar-refractivity contribution < 1.29 is 24.5 Å². The van der Waals surface area contributed by atoms with Crippen molar-refractivity contribution in [3.05, 3.63) is 36.5 Å². The highest BCUT2D eigenvalue weighted by Gasteiger charge is 2.36. The molecular weight excluding hydrogens is 356 g/mol. The number of esters is 1. The van der Waals surface area contributed by atoms with E-state index < -0.39 is 6.10 Å². The summed E-state index contributed by atoms with van der Waals surface area (Å²) in [7, 11) is 0. The summed E-state index contributed by atoms with van der Waals surface area (Å²) in [5.41, 5.74) is 0. The lowest BCUT2D eigenvalue weighted by Crippen LogP contribution is -2.25. The molecule has 0 aliphatic carbocycles. The van der Waals surface area contributed by atoms with Gasteiger partial charge in [0.05, 0.1) is 25.4 Å². The predicted molar refractivity (Wildman–Crippen MR) is 112 cm³/mol. The molecule has 0 saturated carbocycles. The number of epoxide rings is 1. The van der Waals surface area contributed by atoms with Crippen LogP contribution in [0.4, 0.5) is 0 Å². The van der Waals surface area contributed by atoms with Gasteiger partial charge in [-0.2, -0.15) is 0 Å². The van der Waals surface area contributed by atoms with Crippen LogP contribution >= 0.6 is 0 Å². The first-order chi connectivity index (χ1) is 13.7. The molecule has 1 saturated heterocycles. The molecule has 1 aliphatic heterocycles. The van der Waals surface area contributed by atoms with E-state index in [0.717, 1.165) is 25.7 Å². The Bertz CT molecular complexity index is 479. The van der Waals surface area contributed by atoms with Gasteiger partial charge in [0.1, 0.15) is 6.10 Å². The molecule has 2 N–H and O–H groups in total. The summed E-state index contributed by atoms with van der Waals surface area (Å²) in [6.07, 6.45) is 22.8. The minimum absolute atomic E-state index is 0.297. The van der Waals surface area contributed by atoms with Crippen LogP contribution in [-0.2, 0) is 14.3 Å². The van der Waals surface area contributed by atoms with E-state index in [4.69, 9.17) is 19.7 Å². The highest BCUT2D eigenvalue weighted by Crippen LogP contribution is 2.30. The molecular formula is C23H38O5. The van der Waals surface area contributed by atoms with Crippen LogP contribution in [0.25, 0.3) is 0 Å². The maximum atomic E-state index is 11.5. The first-order valence-corrected chi connectivity index (χ1v) is 10.7. The molecule has 0 aromatic carbocycles. The molecule has 2 atom stereocenters. The number of unbranched alkanes of at least 4 members (excludes halogenated alkanes) is 3. The van der Waals surface area contributed by atoms with E-state index in [1.54, 1.807) is 0 Å². The fourth-order valence-corrected chi connectivity index (χ4v) is 2.87. The van der Waals surface area contributed by atoms with Gasteiger partial charge in [0.25, 0.3) is 0 Å². The third-order valence-electron chi connectivity index (χ3n) is 4.65. The second-order valence-corrected chi connectivity index (χ2v) is 7.20. The quantitative estimate of drug-likeness (QED) is 0.167. The molecule has 0 aromatic heterocycles. The monoisotopic (exact) mass is 394 g/mol. The van der Waals surface area contributed by atoms with Crippen LogP contribution in [0.15, 0.2) is 36.5 Å². The van der Waals surface area contributed by atoms with Crippen molar-refractivity contribution in [2.45, 2.75) is 89.4 Å². The highest BCUT2D eigenvalue weighted by atomic mass is 16.6. The summed E-state index contributed by atoms with van der Waals surface area (Å²) in [5.74, 6) is -0.378. The van der Waals surface area contributed by atoms with Gasteiger partial charge in [-0.1, -0.05) is 62.6 Å². The smallest absolute Gasteiger partial charge is 0.306 e. The predicted octanol–water partition coefficient (Wildman–Crippen LogP) is 4.24. The number of hydrogen-bond acceptors (Lipinski definition) is 5. The zero-order valence-electron chi connectivity index (χ0n) is 17.3. The van der Waals surface area contributed by atoms with Crippen LogP contribution in [0.3, 0.4) is 0 Å². The maximum Gasteiger partial charge on any atom is 0.306 e. The number of ether oxygens (including phenoxy) is 2. The minimum Gasteiger partial charge on any atom is -0.457 e. The van der Waals surface area contributed by atoms with Gasteiger partial charge in [-0.15, -0.1) is 0 Å². The molecule has 0 radical (unpaired) electrons. The van der Waals surface area contributed by atoms with E-state index in [9.17, 15) is 4.79 Å². The van der Waals surface area contributed by atoms with Crippen molar-refractivity contribution in [2.24, 2.45) is 0 Å². The van der Waals surface area contributed by atoms with Crippen molar-refractivity contribution in [1.29, 1.82) is 0 Å². The molecule has 0 unspecified atom stereocenters. The SMILES string of the molecule is CCCCC[C@@H]1O[C@H]1C/C=C\C/C=C\C/C=C\CCCC(=O)OC(CO)CO. The van der Waals surface area contributed by atoms with Gasteiger partial charge in [-0.05, 0) is 38.5 Å². The molecule has 1 aliphatic rings. The van der Waals surface area contributed by atoms with Gasteiger partial charge < -0.3 is 19.7 Å². The van der Waals surface area contributed by atoms with E-state index in [-0.39, 0.29) is 19.2 Å². The average Bonchev–Trinajstić information content (AvgIpc) is 3.45. The molecule has 1 heterocycles. The molecule has 1 fully saturated rings. The highest BCUT2D eigenvalue weighted by molar-refractivity contribution is 5.69. The van der Waals surface area contributed by atoms with Crippen molar-refractivity contribution in [3.8, 4) is 0 Å². The number of allylic oxidation sites excluding steroid dienone is 5. The first kappa shape index (κ1) is 24.6. The van der Waals surface area contributed by atoms with Crippen LogP contribution in [0.5, 0.6) is 0 Å². The van der Waals surface area contributed by atoms with Gasteiger partial charge in [-0.25, -0.2) is 0 Å². The number of aliphatic hydroxyl groups excluding tert-OH is 2. The number of hydrogen-bond donors (Lipinski definition) is 2. The molecule has 1 rings (SSSR count). The van der Waals surface area contributed by atoms with E-state index in [2.05, 4.69) is 43.4 Å². The van der Waals surface area contributed by atoms with Gasteiger partial charge in [0.2, 0.25) is 0 Å².